The standard InChI is InChI=1S/C12H19N3O4/c1-14-4-5-15(7-10(14)16)12(19)13-9-3-2-8(6-9)11(17)18/h8-9H,2-7H2,1H3,(H,13,19)(H,17,18)/t8-,9+/m1/s1. The molecule has 2 fully saturated rings. The molecule has 0 radical (unpaired) electrons. The van der Waals surface area contributed by atoms with Crippen LogP contribution in [0, 0.1) is 5.92 Å². The van der Waals surface area contributed by atoms with E-state index in [-0.39, 0.29) is 30.4 Å². The Bertz CT molecular complexity index is 398. The molecule has 1 heterocycles. The molecule has 0 aromatic carbocycles. The van der Waals surface area contributed by atoms with Gasteiger partial charge in [-0.1, -0.05) is 0 Å². The van der Waals surface area contributed by atoms with E-state index in [1.807, 2.05) is 0 Å². The summed E-state index contributed by atoms with van der Waals surface area (Å²) in [5.41, 5.74) is 0. The number of amides is 3. The Morgan fingerprint density at radius 1 is 1.32 bits per heavy atom. The third-order valence-electron chi connectivity index (χ3n) is 3.85. The van der Waals surface area contributed by atoms with Gasteiger partial charge in [-0.15, -0.1) is 0 Å². The molecule has 19 heavy (non-hydrogen) atoms. The molecule has 0 spiro atoms. The molecule has 1 saturated carbocycles. The summed E-state index contributed by atoms with van der Waals surface area (Å²) >= 11 is 0. The summed E-state index contributed by atoms with van der Waals surface area (Å²) in [6.45, 7) is 1.15. The van der Waals surface area contributed by atoms with Gasteiger partial charge in [0.05, 0.1) is 5.92 Å². The van der Waals surface area contributed by atoms with Crippen LogP contribution in [-0.4, -0.2) is 65.5 Å². The number of hydrogen-bond donors (Lipinski definition) is 2. The van der Waals surface area contributed by atoms with Gasteiger partial charge in [0.1, 0.15) is 6.54 Å². The molecule has 0 aromatic heterocycles. The quantitative estimate of drug-likeness (QED) is 0.721. The van der Waals surface area contributed by atoms with Gasteiger partial charge >= 0.3 is 12.0 Å². The van der Waals surface area contributed by atoms with Crippen molar-refractivity contribution >= 4 is 17.9 Å². The summed E-state index contributed by atoms with van der Waals surface area (Å²) in [5.74, 6) is -1.23. The number of carboxylic acids is 1. The van der Waals surface area contributed by atoms with Gasteiger partial charge in [-0.25, -0.2) is 4.79 Å². The van der Waals surface area contributed by atoms with Crippen molar-refractivity contribution in [3.05, 3.63) is 0 Å². The first-order valence-corrected chi connectivity index (χ1v) is 6.49. The topological polar surface area (TPSA) is 89.9 Å². The van der Waals surface area contributed by atoms with E-state index < -0.39 is 5.97 Å². The van der Waals surface area contributed by atoms with Crippen molar-refractivity contribution in [1.82, 2.24) is 15.1 Å². The van der Waals surface area contributed by atoms with E-state index in [0.29, 0.717) is 32.4 Å². The summed E-state index contributed by atoms with van der Waals surface area (Å²) in [4.78, 5) is 37.4. The molecule has 1 aliphatic heterocycles. The molecule has 0 bridgehead atoms. The minimum Gasteiger partial charge on any atom is -0.481 e. The number of piperazine rings is 1. The molecule has 0 aromatic rings. The van der Waals surface area contributed by atoms with Crippen LogP contribution in [0.5, 0.6) is 0 Å². The number of carbonyl (C=O) groups is 3. The van der Waals surface area contributed by atoms with Crippen LogP contribution in [0.15, 0.2) is 0 Å². The molecule has 2 atom stereocenters. The normalized spacial score (nSPS) is 27.5. The second kappa shape index (κ2) is 5.46. The van der Waals surface area contributed by atoms with Crippen LogP contribution >= 0.6 is 0 Å². The van der Waals surface area contributed by atoms with Crippen molar-refractivity contribution in [1.29, 1.82) is 0 Å². The second-order valence-corrected chi connectivity index (χ2v) is 5.23. The van der Waals surface area contributed by atoms with E-state index in [9.17, 15) is 14.4 Å². The highest BCUT2D eigenvalue weighted by Crippen LogP contribution is 2.25. The van der Waals surface area contributed by atoms with Gasteiger partial charge in [0.25, 0.3) is 0 Å². The summed E-state index contributed by atoms with van der Waals surface area (Å²) < 4.78 is 0. The van der Waals surface area contributed by atoms with Gasteiger partial charge in [-0.3, -0.25) is 9.59 Å². The van der Waals surface area contributed by atoms with Gasteiger partial charge < -0.3 is 20.2 Å². The maximum atomic E-state index is 12.0. The Balaban J connectivity index is 1.82. The zero-order chi connectivity index (χ0) is 14.0. The molecular weight excluding hydrogens is 250 g/mol. The van der Waals surface area contributed by atoms with Gasteiger partial charge in [0, 0.05) is 26.2 Å². The minimum atomic E-state index is -0.800. The van der Waals surface area contributed by atoms with Gasteiger partial charge in [0.2, 0.25) is 5.91 Å². The van der Waals surface area contributed by atoms with E-state index in [2.05, 4.69) is 5.32 Å². The van der Waals surface area contributed by atoms with E-state index >= 15 is 0 Å². The fraction of sp³-hybridized carbons (Fsp3) is 0.750. The SMILES string of the molecule is CN1CCN(C(=O)N[C@H]2CC[C@@H](C(=O)O)C2)CC1=O. The Morgan fingerprint density at radius 3 is 2.63 bits per heavy atom. The van der Waals surface area contributed by atoms with Crippen molar-refractivity contribution < 1.29 is 19.5 Å². The van der Waals surface area contributed by atoms with E-state index in [1.54, 1.807) is 11.9 Å². The maximum absolute atomic E-state index is 12.0. The van der Waals surface area contributed by atoms with Crippen LogP contribution in [-0.2, 0) is 9.59 Å². The maximum Gasteiger partial charge on any atom is 0.318 e. The average molecular weight is 269 g/mol. The lowest BCUT2D eigenvalue weighted by Gasteiger charge is -2.32. The number of urea groups is 1. The molecule has 3 amide bonds. The number of rotatable bonds is 2. The van der Waals surface area contributed by atoms with Gasteiger partial charge in [-0.2, -0.15) is 0 Å². The number of aliphatic carboxylic acids is 1. The number of nitrogens with zero attached hydrogens (tertiary/aromatic N) is 2. The number of carbonyl (C=O) groups excluding carboxylic acids is 2. The first-order valence-electron chi connectivity index (χ1n) is 6.49. The van der Waals surface area contributed by atoms with Crippen LogP contribution < -0.4 is 5.32 Å². The largest absolute Gasteiger partial charge is 0.481 e. The number of nitrogens with one attached hydrogen (secondary N) is 1. The van der Waals surface area contributed by atoms with Crippen molar-refractivity contribution in [2.24, 2.45) is 5.92 Å². The Kier molecular flexibility index (Phi) is 3.92. The average Bonchev–Trinajstić information content (AvgIpc) is 2.81. The monoisotopic (exact) mass is 269 g/mol. The molecule has 1 saturated heterocycles. The molecule has 2 N–H and O–H groups in total. The second-order valence-electron chi connectivity index (χ2n) is 5.23. The summed E-state index contributed by atoms with van der Waals surface area (Å²) in [6.07, 6.45) is 1.76. The molecular formula is C12H19N3O4. The molecule has 7 nitrogen and oxygen atoms in total. The van der Waals surface area contributed by atoms with E-state index in [0.717, 1.165) is 0 Å². The lowest BCUT2D eigenvalue weighted by atomic mass is 10.1. The zero-order valence-corrected chi connectivity index (χ0v) is 11.0. The molecule has 1 aliphatic carbocycles. The van der Waals surface area contributed by atoms with E-state index in [4.69, 9.17) is 5.11 Å². The minimum absolute atomic E-state index is 0.0729. The molecule has 0 unspecified atom stereocenters. The summed E-state index contributed by atoms with van der Waals surface area (Å²) in [6, 6.07) is -0.360. The Hall–Kier alpha value is -1.79. The first kappa shape index (κ1) is 13.6. The van der Waals surface area contributed by atoms with Gasteiger partial charge in [-0.05, 0) is 19.3 Å². The smallest absolute Gasteiger partial charge is 0.318 e. The lowest BCUT2D eigenvalue weighted by Crippen LogP contribution is -2.54. The zero-order valence-electron chi connectivity index (χ0n) is 11.0. The molecule has 2 rings (SSSR count). The Morgan fingerprint density at radius 2 is 2.05 bits per heavy atom. The highest BCUT2D eigenvalue weighted by atomic mass is 16.4. The molecule has 106 valence electrons. The van der Waals surface area contributed by atoms with Crippen LogP contribution in [0.1, 0.15) is 19.3 Å². The number of hydrogen-bond acceptors (Lipinski definition) is 3. The van der Waals surface area contributed by atoms with Crippen molar-refractivity contribution in [3.8, 4) is 0 Å². The van der Waals surface area contributed by atoms with Crippen molar-refractivity contribution in [2.75, 3.05) is 26.7 Å². The number of carboxylic acid groups (broad SMARTS) is 1. The summed E-state index contributed by atoms with van der Waals surface area (Å²) in [5, 5.41) is 11.7. The van der Waals surface area contributed by atoms with Crippen LogP contribution in [0.2, 0.25) is 0 Å². The predicted molar refractivity (Wildman–Crippen MR) is 66.5 cm³/mol. The third-order valence-corrected chi connectivity index (χ3v) is 3.85. The van der Waals surface area contributed by atoms with E-state index in [1.165, 1.54) is 4.90 Å². The predicted octanol–water partition coefficient (Wildman–Crippen LogP) is -0.277. The fourth-order valence-corrected chi connectivity index (χ4v) is 2.53. The lowest BCUT2D eigenvalue weighted by molar-refractivity contribution is -0.141. The Labute approximate surface area is 111 Å². The fourth-order valence-electron chi connectivity index (χ4n) is 2.53. The number of likely N-dealkylation sites (N-methyl/N-ethyl adjacent to an activating group) is 1. The third kappa shape index (κ3) is 3.15. The highest BCUT2D eigenvalue weighted by molar-refractivity contribution is 5.85. The molecule has 2 aliphatic rings. The van der Waals surface area contributed by atoms with Crippen LogP contribution in [0.3, 0.4) is 0 Å². The summed E-state index contributed by atoms with van der Waals surface area (Å²) in [7, 11) is 1.71. The van der Waals surface area contributed by atoms with Crippen LogP contribution in [0.25, 0.3) is 0 Å². The van der Waals surface area contributed by atoms with Crippen molar-refractivity contribution in [2.45, 2.75) is 25.3 Å². The first-order chi connectivity index (χ1) is 8.97. The highest BCUT2D eigenvalue weighted by Gasteiger charge is 2.32. The van der Waals surface area contributed by atoms with Crippen molar-refractivity contribution in [3.63, 3.8) is 0 Å². The van der Waals surface area contributed by atoms with Crippen LogP contribution in [0.4, 0.5) is 4.79 Å². The molecule has 7 heteroatoms. The van der Waals surface area contributed by atoms with Gasteiger partial charge in [0.15, 0.2) is 0 Å².